The van der Waals surface area contributed by atoms with Crippen LogP contribution >= 0.6 is 0 Å². The monoisotopic (exact) mass is 269 g/mol. The maximum absolute atomic E-state index is 4.44. The smallest absolute Gasteiger partial charge is 0.113 e. The molecule has 0 atom stereocenters. The number of hydrogen-bond donors (Lipinski definition) is 0. The fourth-order valence-electron chi connectivity index (χ4n) is 2.56. The molecule has 2 aromatic rings. The zero-order valence-corrected chi connectivity index (χ0v) is 13.1. The van der Waals surface area contributed by atoms with Gasteiger partial charge >= 0.3 is 0 Å². The van der Waals surface area contributed by atoms with Crippen LogP contribution in [0.15, 0.2) is 30.6 Å². The molecule has 0 aliphatic rings. The molecule has 2 heteroatoms. The standard InChI is InChI=1S/C18H25N2/c1-6-7-17-19-10-11-20(17)16-9-8-15(12-14(16)2)13-18(3,4)5/h8-12H,2,6-7,13H2,1,3-5H3. The summed E-state index contributed by atoms with van der Waals surface area (Å²) in [4.78, 5) is 4.44. The van der Waals surface area contributed by atoms with Gasteiger partial charge in [0, 0.05) is 24.5 Å². The lowest BCUT2D eigenvalue weighted by Crippen LogP contribution is -2.10. The van der Waals surface area contributed by atoms with Gasteiger partial charge in [0.1, 0.15) is 5.82 Å². The van der Waals surface area contributed by atoms with Gasteiger partial charge in [-0.3, -0.25) is 0 Å². The van der Waals surface area contributed by atoms with Crippen LogP contribution in [0.2, 0.25) is 0 Å². The van der Waals surface area contributed by atoms with Crippen LogP contribution in [0.25, 0.3) is 5.69 Å². The Hall–Kier alpha value is -1.57. The van der Waals surface area contributed by atoms with Crippen molar-refractivity contribution < 1.29 is 0 Å². The van der Waals surface area contributed by atoms with Gasteiger partial charge < -0.3 is 4.57 Å². The molecule has 2 nitrogen and oxygen atoms in total. The molecule has 0 bridgehead atoms. The second-order valence-electron chi connectivity index (χ2n) is 6.66. The zero-order valence-electron chi connectivity index (χ0n) is 13.1. The summed E-state index contributed by atoms with van der Waals surface area (Å²) in [5.41, 5.74) is 3.87. The van der Waals surface area contributed by atoms with Crippen LogP contribution in [0.5, 0.6) is 0 Å². The van der Waals surface area contributed by atoms with Gasteiger partial charge in [-0.2, -0.15) is 0 Å². The Morgan fingerprint density at radius 3 is 2.60 bits per heavy atom. The number of rotatable bonds is 4. The average molecular weight is 269 g/mol. The molecule has 0 saturated heterocycles. The summed E-state index contributed by atoms with van der Waals surface area (Å²) in [6, 6.07) is 6.59. The molecule has 0 saturated carbocycles. The van der Waals surface area contributed by atoms with E-state index in [2.05, 4.69) is 62.4 Å². The first kappa shape index (κ1) is 14.8. The van der Waals surface area contributed by atoms with Crippen LogP contribution in [0, 0.1) is 12.3 Å². The first-order valence-electron chi connectivity index (χ1n) is 7.38. The minimum Gasteiger partial charge on any atom is -0.303 e. The molecule has 0 N–H and O–H groups in total. The molecule has 0 aliphatic heterocycles. The highest BCUT2D eigenvalue weighted by Gasteiger charge is 2.13. The third kappa shape index (κ3) is 3.50. The predicted octanol–water partition coefficient (Wildman–Crippen LogP) is 4.60. The SMILES string of the molecule is [CH2]c1cc(CC(C)(C)C)ccc1-n1ccnc1CCC. The van der Waals surface area contributed by atoms with Crippen LogP contribution in [0.3, 0.4) is 0 Å². The van der Waals surface area contributed by atoms with Gasteiger partial charge in [-0.1, -0.05) is 39.8 Å². The first-order chi connectivity index (χ1) is 9.40. The first-order valence-corrected chi connectivity index (χ1v) is 7.38. The number of imidazole rings is 1. The number of aryl methyl sites for hydroxylation is 1. The summed E-state index contributed by atoms with van der Waals surface area (Å²) in [6.07, 6.45) is 7.06. The van der Waals surface area contributed by atoms with E-state index in [0.29, 0.717) is 5.41 Å². The third-order valence-corrected chi connectivity index (χ3v) is 3.33. The molecular weight excluding hydrogens is 244 g/mol. The molecule has 1 aromatic heterocycles. The van der Waals surface area contributed by atoms with Crippen molar-refractivity contribution in [1.29, 1.82) is 0 Å². The Morgan fingerprint density at radius 1 is 1.25 bits per heavy atom. The fourth-order valence-corrected chi connectivity index (χ4v) is 2.56. The summed E-state index contributed by atoms with van der Waals surface area (Å²) >= 11 is 0. The molecule has 1 aromatic carbocycles. The van der Waals surface area contributed by atoms with Crippen molar-refractivity contribution in [3.8, 4) is 5.69 Å². The van der Waals surface area contributed by atoms with Gasteiger partial charge in [0.2, 0.25) is 0 Å². The Balaban J connectivity index is 2.32. The Bertz CT molecular complexity index is 573. The number of aromatic nitrogens is 2. The lowest BCUT2D eigenvalue weighted by molar-refractivity contribution is 0.411. The minimum atomic E-state index is 0.302. The van der Waals surface area contributed by atoms with E-state index in [4.69, 9.17) is 0 Å². The number of nitrogens with zero attached hydrogens (tertiary/aromatic N) is 2. The van der Waals surface area contributed by atoms with Gasteiger partial charge in [-0.15, -0.1) is 0 Å². The van der Waals surface area contributed by atoms with Gasteiger partial charge in [0.25, 0.3) is 0 Å². The minimum absolute atomic E-state index is 0.302. The molecule has 0 amide bonds. The van der Waals surface area contributed by atoms with Gasteiger partial charge in [0.05, 0.1) is 0 Å². The highest BCUT2D eigenvalue weighted by molar-refractivity contribution is 5.46. The molecule has 0 aliphatic carbocycles. The summed E-state index contributed by atoms with van der Waals surface area (Å²) in [6.45, 7) is 13.2. The van der Waals surface area contributed by atoms with Crippen molar-refractivity contribution >= 4 is 0 Å². The van der Waals surface area contributed by atoms with Crippen LogP contribution in [-0.2, 0) is 12.8 Å². The van der Waals surface area contributed by atoms with Crippen molar-refractivity contribution in [1.82, 2.24) is 9.55 Å². The number of hydrogen-bond acceptors (Lipinski definition) is 1. The van der Waals surface area contributed by atoms with Crippen molar-refractivity contribution in [3.63, 3.8) is 0 Å². The van der Waals surface area contributed by atoms with E-state index >= 15 is 0 Å². The molecule has 0 spiro atoms. The molecule has 20 heavy (non-hydrogen) atoms. The lowest BCUT2D eigenvalue weighted by atomic mass is 9.87. The summed E-state index contributed by atoms with van der Waals surface area (Å²) in [7, 11) is 0. The predicted molar refractivity (Wildman–Crippen MR) is 85.2 cm³/mol. The second kappa shape index (κ2) is 5.82. The van der Waals surface area contributed by atoms with E-state index < -0.39 is 0 Å². The third-order valence-electron chi connectivity index (χ3n) is 3.33. The van der Waals surface area contributed by atoms with E-state index in [-0.39, 0.29) is 0 Å². The molecule has 0 unspecified atom stereocenters. The maximum atomic E-state index is 4.44. The quantitative estimate of drug-likeness (QED) is 0.793. The van der Waals surface area contributed by atoms with Crippen molar-refractivity contribution in [2.75, 3.05) is 0 Å². The highest BCUT2D eigenvalue weighted by atomic mass is 15.1. The maximum Gasteiger partial charge on any atom is 0.113 e. The van der Waals surface area contributed by atoms with Crippen LogP contribution in [0.1, 0.15) is 51.1 Å². The fraction of sp³-hybridized carbons (Fsp3) is 0.444. The van der Waals surface area contributed by atoms with E-state index in [0.717, 1.165) is 36.3 Å². The normalized spacial score (nSPS) is 11.8. The van der Waals surface area contributed by atoms with E-state index in [1.54, 1.807) is 0 Å². The van der Waals surface area contributed by atoms with Gasteiger partial charge in [-0.25, -0.2) is 4.98 Å². The van der Waals surface area contributed by atoms with Crippen molar-refractivity contribution in [2.24, 2.45) is 5.41 Å². The zero-order chi connectivity index (χ0) is 14.8. The van der Waals surface area contributed by atoms with Crippen LogP contribution in [-0.4, -0.2) is 9.55 Å². The van der Waals surface area contributed by atoms with E-state index in [1.165, 1.54) is 5.56 Å². The van der Waals surface area contributed by atoms with E-state index in [1.807, 2.05) is 12.4 Å². The van der Waals surface area contributed by atoms with Crippen molar-refractivity contribution in [2.45, 2.75) is 47.0 Å². The molecule has 0 fully saturated rings. The molecular formula is C18H25N2. The molecule has 1 radical (unpaired) electrons. The second-order valence-corrected chi connectivity index (χ2v) is 6.66. The van der Waals surface area contributed by atoms with Crippen LogP contribution in [0.4, 0.5) is 0 Å². The summed E-state index contributed by atoms with van der Waals surface area (Å²) in [5, 5.41) is 0. The van der Waals surface area contributed by atoms with Crippen LogP contribution < -0.4 is 0 Å². The topological polar surface area (TPSA) is 17.8 Å². The summed E-state index contributed by atoms with van der Waals surface area (Å²) < 4.78 is 2.16. The summed E-state index contributed by atoms with van der Waals surface area (Å²) in [5.74, 6) is 1.11. The molecule has 107 valence electrons. The largest absolute Gasteiger partial charge is 0.303 e. The molecule has 2 rings (SSSR count). The Labute approximate surface area is 122 Å². The Morgan fingerprint density at radius 2 is 2.00 bits per heavy atom. The lowest BCUT2D eigenvalue weighted by Gasteiger charge is -2.19. The van der Waals surface area contributed by atoms with Crippen molar-refractivity contribution in [3.05, 3.63) is 54.5 Å². The number of benzene rings is 1. The molecule has 1 heterocycles. The van der Waals surface area contributed by atoms with Gasteiger partial charge in [-0.05, 0) is 42.4 Å². The van der Waals surface area contributed by atoms with E-state index in [9.17, 15) is 0 Å². The van der Waals surface area contributed by atoms with Gasteiger partial charge in [0.15, 0.2) is 0 Å². The highest BCUT2D eigenvalue weighted by Crippen LogP contribution is 2.24. The average Bonchev–Trinajstić information content (AvgIpc) is 2.76. The Kier molecular flexibility index (Phi) is 4.32.